The molecule has 1 N–H and O–H groups in total. The number of nitrogens with zero attached hydrogens (tertiary/aromatic N) is 2. The van der Waals surface area contributed by atoms with Gasteiger partial charge in [0.2, 0.25) is 0 Å². The summed E-state index contributed by atoms with van der Waals surface area (Å²) in [5.74, 6) is -0.157. The van der Waals surface area contributed by atoms with E-state index in [1.165, 1.54) is 6.07 Å². The summed E-state index contributed by atoms with van der Waals surface area (Å²) in [6.07, 6.45) is 0. The van der Waals surface area contributed by atoms with Crippen LogP contribution in [0, 0.1) is 13.8 Å². The normalized spacial score (nSPS) is 10.7. The zero-order valence-electron chi connectivity index (χ0n) is 12.5. The molecule has 0 fully saturated rings. The van der Waals surface area contributed by atoms with Gasteiger partial charge in [-0.25, -0.2) is 9.78 Å². The summed E-state index contributed by atoms with van der Waals surface area (Å²) < 4.78 is 5.74. The summed E-state index contributed by atoms with van der Waals surface area (Å²) in [4.78, 5) is 19.1. The van der Waals surface area contributed by atoms with Gasteiger partial charge in [-0.2, -0.15) is 4.98 Å². The van der Waals surface area contributed by atoms with Gasteiger partial charge in [-0.15, -0.1) is 0 Å². The fourth-order valence-electron chi connectivity index (χ4n) is 2.00. The Balaban J connectivity index is 2.42. The summed E-state index contributed by atoms with van der Waals surface area (Å²) in [6, 6.07) is 7.39. The smallest absolute Gasteiger partial charge is 0.354 e. The topological polar surface area (TPSA) is 72.3 Å². The van der Waals surface area contributed by atoms with Gasteiger partial charge in [-0.3, -0.25) is 0 Å². The molecular formula is C16H18N2O3. The number of aryl methyl sites for hydroxylation is 2. The van der Waals surface area contributed by atoms with Crippen LogP contribution >= 0.6 is 0 Å². The van der Waals surface area contributed by atoms with Gasteiger partial charge in [-0.1, -0.05) is 26.0 Å². The molecule has 0 spiro atoms. The Bertz CT molecular complexity index is 681. The van der Waals surface area contributed by atoms with Crippen LogP contribution in [0.5, 0.6) is 11.8 Å². The minimum atomic E-state index is -1.10. The number of hydrogen-bond donors (Lipinski definition) is 1. The second-order valence-electron chi connectivity index (χ2n) is 5.28. The number of aromatic carboxylic acids is 1. The first-order valence-corrected chi connectivity index (χ1v) is 6.74. The Labute approximate surface area is 123 Å². The zero-order chi connectivity index (χ0) is 15.6. The van der Waals surface area contributed by atoms with Gasteiger partial charge >= 0.3 is 12.0 Å². The number of carboxylic acid groups (broad SMARTS) is 1. The van der Waals surface area contributed by atoms with Crippen LogP contribution in [0.2, 0.25) is 0 Å². The van der Waals surface area contributed by atoms with Crippen LogP contribution in [0.1, 0.15) is 47.1 Å². The second-order valence-corrected chi connectivity index (χ2v) is 5.28. The van der Waals surface area contributed by atoms with E-state index >= 15 is 0 Å². The molecule has 21 heavy (non-hydrogen) atoms. The van der Waals surface area contributed by atoms with Crippen molar-refractivity contribution in [2.45, 2.75) is 33.6 Å². The third-order valence-corrected chi connectivity index (χ3v) is 3.05. The lowest BCUT2D eigenvalue weighted by Crippen LogP contribution is -2.05. The zero-order valence-corrected chi connectivity index (χ0v) is 12.5. The molecule has 0 amide bonds. The molecule has 0 aliphatic rings. The van der Waals surface area contributed by atoms with Gasteiger partial charge < -0.3 is 9.84 Å². The average molecular weight is 286 g/mol. The first-order valence-electron chi connectivity index (χ1n) is 6.74. The summed E-state index contributed by atoms with van der Waals surface area (Å²) in [7, 11) is 0. The lowest BCUT2D eigenvalue weighted by atomic mass is 10.0. The van der Waals surface area contributed by atoms with Crippen LogP contribution in [0.25, 0.3) is 0 Å². The molecule has 0 saturated heterocycles. The van der Waals surface area contributed by atoms with Crippen molar-refractivity contribution in [2.24, 2.45) is 0 Å². The Morgan fingerprint density at radius 2 is 1.90 bits per heavy atom. The average Bonchev–Trinajstić information content (AvgIpc) is 2.37. The molecule has 0 aliphatic heterocycles. The van der Waals surface area contributed by atoms with Crippen LogP contribution in [0.4, 0.5) is 0 Å². The number of hydrogen-bond acceptors (Lipinski definition) is 4. The highest BCUT2D eigenvalue weighted by atomic mass is 16.5. The van der Waals surface area contributed by atoms with E-state index in [2.05, 4.69) is 23.8 Å². The predicted molar refractivity (Wildman–Crippen MR) is 79.1 cm³/mol. The largest absolute Gasteiger partial charge is 0.477 e. The molecule has 0 aliphatic carbocycles. The lowest BCUT2D eigenvalue weighted by molar-refractivity contribution is 0.0689. The predicted octanol–water partition coefficient (Wildman–Crippen LogP) is 3.71. The van der Waals surface area contributed by atoms with Crippen molar-refractivity contribution >= 4 is 5.97 Å². The van der Waals surface area contributed by atoms with Gasteiger partial charge in [0.1, 0.15) is 5.75 Å². The van der Waals surface area contributed by atoms with Crippen molar-refractivity contribution in [1.82, 2.24) is 9.97 Å². The highest BCUT2D eigenvalue weighted by Crippen LogP contribution is 2.30. The number of aromatic nitrogens is 2. The van der Waals surface area contributed by atoms with E-state index in [1.807, 2.05) is 25.1 Å². The van der Waals surface area contributed by atoms with Gasteiger partial charge in [0.25, 0.3) is 0 Å². The van der Waals surface area contributed by atoms with Gasteiger partial charge in [0.15, 0.2) is 5.69 Å². The van der Waals surface area contributed by atoms with Gasteiger partial charge in [0, 0.05) is 5.69 Å². The molecule has 0 saturated carbocycles. The first-order chi connectivity index (χ1) is 9.86. The van der Waals surface area contributed by atoms with Crippen molar-refractivity contribution in [3.8, 4) is 11.8 Å². The maximum absolute atomic E-state index is 11.0. The lowest BCUT2D eigenvalue weighted by Gasteiger charge is -2.13. The number of ether oxygens (including phenoxy) is 1. The van der Waals surface area contributed by atoms with Crippen LogP contribution in [0.15, 0.2) is 24.3 Å². The molecule has 0 atom stereocenters. The summed E-state index contributed by atoms with van der Waals surface area (Å²) >= 11 is 0. The minimum Gasteiger partial charge on any atom is -0.477 e. The molecule has 110 valence electrons. The van der Waals surface area contributed by atoms with Crippen molar-refractivity contribution in [3.63, 3.8) is 0 Å². The molecule has 5 nitrogen and oxygen atoms in total. The third kappa shape index (κ3) is 3.56. The Morgan fingerprint density at radius 3 is 2.52 bits per heavy atom. The number of benzene rings is 1. The summed E-state index contributed by atoms with van der Waals surface area (Å²) in [6.45, 7) is 7.81. The molecule has 0 unspecified atom stereocenters. The number of carbonyl (C=O) groups is 1. The molecule has 0 radical (unpaired) electrons. The Morgan fingerprint density at radius 1 is 1.19 bits per heavy atom. The van der Waals surface area contributed by atoms with E-state index in [4.69, 9.17) is 9.84 Å². The minimum absolute atomic E-state index is 0.0555. The fourth-order valence-corrected chi connectivity index (χ4v) is 2.00. The fraction of sp³-hybridized carbons (Fsp3) is 0.312. The van der Waals surface area contributed by atoms with E-state index in [0.29, 0.717) is 11.4 Å². The van der Waals surface area contributed by atoms with E-state index in [9.17, 15) is 4.79 Å². The molecule has 5 heteroatoms. The number of carboxylic acids is 1. The Hall–Kier alpha value is -2.43. The molecule has 1 aromatic carbocycles. The quantitative estimate of drug-likeness (QED) is 0.927. The van der Waals surface area contributed by atoms with E-state index < -0.39 is 5.97 Å². The van der Waals surface area contributed by atoms with Crippen molar-refractivity contribution in [3.05, 3.63) is 46.8 Å². The van der Waals surface area contributed by atoms with E-state index in [-0.39, 0.29) is 17.6 Å². The van der Waals surface area contributed by atoms with E-state index in [1.54, 1.807) is 6.92 Å². The molecule has 1 heterocycles. The van der Waals surface area contributed by atoms with Gasteiger partial charge in [-0.05, 0) is 43.0 Å². The number of rotatable bonds is 4. The monoisotopic (exact) mass is 286 g/mol. The first kappa shape index (κ1) is 15.0. The molecule has 0 bridgehead atoms. The SMILES string of the molecule is Cc1ccc(C(C)C)c(Oc2nc(C)cc(C(=O)O)n2)c1. The second kappa shape index (κ2) is 5.91. The van der Waals surface area contributed by atoms with Crippen LogP contribution in [-0.2, 0) is 0 Å². The van der Waals surface area contributed by atoms with Gasteiger partial charge in [0.05, 0.1) is 0 Å². The maximum atomic E-state index is 11.0. The van der Waals surface area contributed by atoms with E-state index in [0.717, 1.165) is 11.1 Å². The van der Waals surface area contributed by atoms with Crippen LogP contribution < -0.4 is 4.74 Å². The summed E-state index contributed by atoms with van der Waals surface area (Å²) in [5.41, 5.74) is 2.57. The molecule has 1 aromatic heterocycles. The molecule has 2 rings (SSSR count). The van der Waals surface area contributed by atoms with Crippen LogP contribution in [-0.4, -0.2) is 21.0 Å². The standard InChI is InChI=1S/C16H18N2O3/c1-9(2)12-6-5-10(3)7-14(12)21-16-17-11(4)8-13(18-16)15(19)20/h5-9H,1-4H3,(H,19,20). The van der Waals surface area contributed by atoms with Crippen molar-refractivity contribution in [1.29, 1.82) is 0 Å². The van der Waals surface area contributed by atoms with Crippen molar-refractivity contribution in [2.75, 3.05) is 0 Å². The highest BCUT2D eigenvalue weighted by Gasteiger charge is 2.13. The summed E-state index contributed by atoms with van der Waals surface area (Å²) in [5, 5.41) is 9.04. The third-order valence-electron chi connectivity index (χ3n) is 3.05. The van der Waals surface area contributed by atoms with Crippen LogP contribution in [0.3, 0.4) is 0 Å². The molecule has 2 aromatic rings. The highest BCUT2D eigenvalue weighted by molar-refractivity contribution is 5.85. The maximum Gasteiger partial charge on any atom is 0.354 e. The Kier molecular flexibility index (Phi) is 4.21. The molecular weight excluding hydrogens is 268 g/mol. The van der Waals surface area contributed by atoms with Crippen molar-refractivity contribution < 1.29 is 14.6 Å².